The molecule has 0 saturated heterocycles. The van der Waals surface area contributed by atoms with Gasteiger partial charge in [0.05, 0.1) is 18.1 Å². The molecule has 0 unspecified atom stereocenters. The number of hydrogen-bond acceptors (Lipinski definition) is 4. The quantitative estimate of drug-likeness (QED) is 0.819. The Labute approximate surface area is 141 Å². The van der Waals surface area contributed by atoms with Gasteiger partial charge in [0.1, 0.15) is 11.8 Å². The summed E-state index contributed by atoms with van der Waals surface area (Å²) in [7, 11) is 0. The number of anilines is 1. The van der Waals surface area contributed by atoms with Gasteiger partial charge in [-0.15, -0.1) is 0 Å². The van der Waals surface area contributed by atoms with Crippen LogP contribution in [0, 0.1) is 29.6 Å². The molecule has 120 valence electrons. The molecule has 0 aromatic heterocycles. The van der Waals surface area contributed by atoms with Crippen molar-refractivity contribution < 1.29 is 9.53 Å². The lowest BCUT2D eigenvalue weighted by molar-refractivity contribution is -0.120. The van der Waals surface area contributed by atoms with E-state index in [4.69, 9.17) is 15.3 Å². The molecule has 2 aromatic rings. The molecule has 0 aliphatic rings. The molecular formula is C19H17N3O2. The Kier molecular flexibility index (Phi) is 5.94. The van der Waals surface area contributed by atoms with E-state index < -0.39 is 0 Å². The van der Waals surface area contributed by atoms with Crippen molar-refractivity contribution in [1.82, 2.24) is 0 Å². The van der Waals surface area contributed by atoms with E-state index in [0.29, 0.717) is 17.9 Å². The number of carbonyl (C=O) groups is 1. The number of amides is 1. The monoisotopic (exact) mass is 319 g/mol. The number of para-hydroxylation sites is 1. The summed E-state index contributed by atoms with van der Waals surface area (Å²) >= 11 is 0. The van der Waals surface area contributed by atoms with Crippen molar-refractivity contribution in [3.05, 3.63) is 59.7 Å². The SMILES string of the molecule is Cc1ccc(N(CCC#N)C(=O)COc2ccccc2C#N)cc1. The molecule has 24 heavy (non-hydrogen) atoms. The van der Waals surface area contributed by atoms with Crippen LogP contribution in [0.15, 0.2) is 48.5 Å². The van der Waals surface area contributed by atoms with E-state index in [0.717, 1.165) is 11.3 Å². The van der Waals surface area contributed by atoms with Crippen LogP contribution in [0.3, 0.4) is 0 Å². The van der Waals surface area contributed by atoms with Crippen LogP contribution in [0.25, 0.3) is 0 Å². The van der Waals surface area contributed by atoms with E-state index >= 15 is 0 Å². The average Bonchev–Trinajstić information content (AvgIpc) is 2.62. The third-order valence-corrected chi connectivity index (χ3v) is 3.45. The van der Waals surface area contributed by atoms with Crippen molar-refractivity contribution in [1.29, 1.82) is 10.5 Å². The van der Waals surface area contributed by atoms with E-state index in [9.17, 15) is 4.79 Å². The summed E-state index contributed by atoms with van der Waals surface area (Å²) in [4.78, 5) is 14.0. The minimum absolute atomic E-state index is 0.196. The van der Waals surface area contributed by atoms with Gasteiger partial charge in [-0.1, -0.05) is 29.8 Å². The highest BCUT2D eigenvalue weighted by atomic mass is 16.5. The van der Waals surface area contributed by atoms with Crippen LogP contribution in [0.2, 0.25) is 0 Å². The Hall–Kier alpha value is -3.31. The molecule has 0 radical (unpaired) electrons. The minimum atomic E-state index is -0.262. The molecule has 0 bridgehead atoms. The zero-order chi connectivity index (χ0) is 17.4. The second-order valence-corrected chi connectivity index (χ2v) is 5.19. The molecule has 0 fully saturated rings. The first-order valence-electron chi connectivity index (χ1n) is 7.51. The van der Waals surface area contributed by atoms with E-state index in [1.807, 2.05) is 43.3 Å². The Morgan fingerprint density at radius 1 is 1.12 bits per heavy atom. The van der Waals surface area contributed by atoms with Crippen LogP contribution in [-0.2, 0) is 4.79 Å². The molecular weight excluding hydrogens is 302 g/mol. The lowest BCUT2D eigenvalue weighted by atomic mass is 10.2. The topological polar surface area (TPSA) is 77.1 Å². The number of ether oxygens (including phenoxy) is 1. The van der Waals surface area contributed by atoms with Gasteiger partial charge in [0.25, 0.3) is 5.91 Å². The molecule has 2 rings (SSSR count). The van der Waals surface area contributed by atoms with Gasteiger partial charge >= 0.3 is 0 Å². The highest BCUT2D eigenvalue weighted by Gasteiger charge is 2.16. The number of carbonyl (C=O) groups excluding carboxylic acids is 1. The zero-order valence-electron chi connectivity index (χ0n) is 13.4. The summed E-state index contributed by atoms with van der Waals surface area (Å²) in [5.74, 6) is 0.110. The molecule has 5 heteroatoms. The number of nitrogens with zero attached hydrogens (tertiary/aromatic N) is 3. The zero-order valence-corrected chi connectivity index (χ0v) is 13.4. The first-order valence-corrected chi connectivity index (χ1v) is 7.51. The molecule has 0 spiro atoms. The molecule has 0 saturated carbocycles. The van der Waals surface area contributed by atoms with Crippen LogP contribution < -0.4 is 9.64 Å². The second-order valence-electron chi connectivity index (χ2n) is 5.19. The third kappa shape index (κ3) is 4.34. The van der Waals surface area contributed by atoms with Gasteiger partial charge in [-0.3, -0.25) is 4.79 Å². The van der Waals surface area contributed by atoms with Gasteiger partial charge in [0.2, 0.25) is 0 Å². The molecule has 0 atom stereocenters. The minimum Gasteiger partial charge on any atom is -0.482 e. The summed E-state index contributed by atoms with van der Waals surface area (Å²) < 4.78 is 5.50. The molecule has 0 heterocycles. The van der Waals surface area contributed by atoms with Crippen molar-refractivity contribution in [2.45, 2.75) is 13.3 Å². The lowest BCUT2D eigenvalue weighted by Gasteiger charge is -2.22. The van der Waals surface area contributed by atoms with Crippen LogP contribution in [0.4, 0.5) is 5.69 Å². The number of hydrogen-bond donors (Lipinski definition) is 0. The predicted octanol–water partition coefficient (Wildman–Crippen LogP) is 3.19. The van der Waals surface area contributed by atoms with Gasteiger partial charge in [-0.05, 0) is 31.2 Å². The molecule has 1 amide bonds. The van der Waals surface area contributed by atoms with Gasteiger partial charge < -0.3 is 9.64 Å². The maximum absolute atomic E-state index is 12.5. The maximum Gasteiger partial charge on any atom is 0.264 e. The first-order chi connectivity index (χ1) is 11.7. The highest BCUT2D eigenvalue weighted by Crippen LogP contribution is 2.19. The fourth-order valence-corrected chi connectivity index (χ4v) is 2.19. The van der Waals surface area contributed by atoms with E-state index in [1.54, 1.807) is 24.3 Å². The van der Waals surface area contributed by atoms with E-state index in [2.05, 4.69) is 0 Å². The van der Waals surface area contributed by atoms with Crippen molar-refractivity contribution in [2.75, 3.05) is 18.1 Å². The first kappa shape index (κ1) is 17.1. The van der Waals surface area contributed by atoms with Crippen molar-refractivity contribution >= 4 is 11.6 Å². The fraction of sp³-hybridized carbons (Fsp3) is 0.211. The number of aryl methyl sites for hydroxylation is 1. The summed E-state index contributed by atoms with van der Waals surface area (Å²) in [5, 5.41) is 17.9. The number of benzene rings is 2. The van der Waals surface area contributed by atoms with Crippen LogP contribution in [-0.4, -0.2) is 19.1 Å². The van der Waals surface area contributed by atoms with Crippen molar-refractivity contribution in [2.24, 2.45) is 0 Å². The van der Waals surface area contributed by atoms with Crippen molar-refractivity contribution in [3.63, 3.8) is 0 Å². The standard InChI is InChI=1S/C19H17N3O2/c1-15-7-9-17(10-8-15)22(12-4-11-20)19(23)14-24-18-6-3-2-5-16(18)13-21/h2-3,5-10H,4,12,14H2,1H3. The predicted molar refractivity (Wildman–Crippen MR) is 90.4 cm³/mol. The molecule has 5 nitrogen and oxygen atoms in total. The molecule has 0 aliphatic heterocycles. The summed E-state index contributed by atoms with van der Waals surface area (Å²) in [6.07, 6.45) is 0.231. The van der Waals surface area contributed by atoms with Gasteiger partial charge in [-0.25, -0.2) is 0 Å². The summed E-state index contributed by atoms with van der Waals surface area (Å²) in [6, 6.07) is 18.3. The van der Waals surface area contributed by atoms with Gasteiger partial charge in [0.15, 0.2) is 6.61 Å². The molecule has 2 aromatic carbocycles. The number of nitriles is 2. The largest absolute Gasteiger partial charge is 0.482 e. The normalized spacial score (nSPS) is 9.62. The van der Waals surface area contributed by atoms with E-state index in [1.165, 1.54) is 4.90 Å². The van der Waals surface area contributed by atoms with Crippen molar-refractivity contribution in [3.8, 4) is 17.9 Å². The summed E-state index contributed by atoms with van der Waals surface area (Å²) in [5.41, 5.74) is 2.19. The Morgan fingerprint density at radius 2 is 1.83 bits per heavy atom. The molecule has 0 aliphatic carbocycles. The maximum atomic E-state index is 12.5. The van der Waals surface area contributed by atoms with Crippen LogP contribution in [0.5, 0.6) is 5.75 Å². The van der Waals surface area contributed by atoms with Gasteiger partial charge in [-0.2, -0.15) is 10.5 Å². The van der Waals surface area contributed by atoms with E-state index in [-0.39, 0.29) is 18.9 Å². The van der Waals surface area contributed by atoms with Gasteiger partial charge in [0, 0.05) is 12.2 Å². The van der Waals surface area contributed by atoms with Crippen LogP contribution in [0.1, 0.15) is 17.5 Å². The Balaban J connectivity index is 2.12. The smallest absolute Gasteiger partial charge is 0.264 e. The molecule has 0 N–H and O–H groups in total. The third-order valence-electron chi connectivity index (χ3n) is 3.45. The second kappa shape index (κ2) is 8.36. The Bertz CT molecular complexity index is 785. The highest BCUT2D eigenvalue weighted by molar-refractivity contribution is 5.94. The number of rotatable bonds is 6. The van der Waals surface area contributed by atoms with Crippen LogP contribution >= 0.6 is 0 Å². The average molecular weight is 319 g/mol. The lowest BCUT2D eigenvalue weighted by Crippen LogP contribution is -2.35. The Morgan fingerprint density at radius 3 is 2.50 bits per heavy atom. The fourth-order valence-electron chi connectivity index (χ4n) is 2.19. The summed E-state index contributed by atoms with van der Waals surface area (Å²) in [6.45, 7) is 2.06.